The molecule has 1 aliphatic rings. The first-order chi connectivity index (χ1) is 11.6. The zero-order chi connectivity index (χ0) is 17.1. The van der Waals surface area contributed by atoms with Crippen molar-refractivity contribution in [1.82, 2.24) is 0 Å². The standard InChI is InChI=1S/C17H15N3O3S/c18-9-10(8-11-4-3-7-23-11)16(22)20-17-14(15(19)21)12-5-1-2-6-13(12)24-17/h3-4,7-8H,1-2,5-6H2,(H2,19,21)(H,20,22)/b10-8-. The van der Waals surface area contributed by atoms with Crippen LogP contribution in [0.1, 0.15) is 39.4 Å². The summed E-state index contributed by atoms with van der Waals surface area (Å²) in [4.78, 5) is 25.3. The third-order valence-corrected chi connectivity index (χ3v) is 5.05. The van der Waals surface area contributed by atoms with E-state index < -0.39 is 11.8 Å². The molecule has 2 aromatic rings. The minimum absolute atomic E-state index is 0.105. The van der Waals surface area contributed by atoms with Gasteiger partial charge in [0, 0.05) is 11.0 Å². The highest BCUT2D eigenvalue weighted by molar-refractivity contribution is 7.17. The molecule has 1 aliphatic carbocycles. The molecule has 0 radical (unpaired) electrons. The zero-order valence-corrected chi connectivity index (χ0v) is 13.6. The van der Waals surface area contributed by atoms with Crippen LogP contribution in [0.15, 0.2) is 28.4 Å². The molecule has 0 saturated carbocycles. The van der Waals surface area contributed by atoms with Crippen molar-refractivity contribution >= 4 is 34.2 Å². The molecule has 0 fully saturated rings. The predicted molar refractivity (Wildman–Crippen MR) is 90.4 cm³/mol. The van der Waals surface area contributed by atoms with Crippen molar-refractivity contribution in [1.29, 1.82) is 5.26 Å². The number of primary amides is 1. The lowest BCUT2D eigenvalue weighted by atomic mass is 9.95. The van der Waals surface area contributed by atoms with Crippen molar-refractivity contribution in [3.8, 4) is 6.07 Å². The Bertz CT molecular complexity index is 857. The van der Waals surface area contributed by atoms with Crippen molar-refractivity contribution in [2.24, 2.45) is 5.73 Å². The Kier molecular flexibility index (Phi) is 4.49. The maximum atomic E-state index is 12.4. The minimum atomic E-state index is -0.588. The molecule has 2 amide bonds. The van der Waals surface area contributed by atoms with Gasteiger partial charge in [0.2, 0.25) is 0 Å². The van der Waals surface area contributed by atoms with Gasteiger partial charge in [-0.05, 0) is 43.4 Å². The molecule has 2 aromatic heterocycles. The average Bonchev–Trinajstić information content (AvgIpc) is 3.19. The SMILES string of the molecule is N#C/C(=C/c1ccco1)C(=O)Nc1sc2c(c1C(N)=O)CCCC2. The van der Waals surface area contributed by atoms with E-state index in [1.807, 2.05) is 6.07 Å². The molecule has 0 saturated heterocycles. The van der Waals surface area contributed by atoms with E-state index in [0.717, 1.165) is 36.1 Å². The molecule has 6 nitrogen and oxygen atoms in total. The highest BCUT2D eigenvalue weighted by Crippen LogP contribution is 2.38. The van der Waals surface area contributed by atoms with Gasteiger partial charge in [-0.15, -0.1) is 11.3 Å². The number of hydrogen-bond acceptors (Lipinski definition) is 5. The van der Waals surface area contributed by atoms with Gasteiger partial charge < -0.3 is 15.5 Å². The Hall–Kier alpha value is -2.85. The lowest BCUT2D eigenvalue weighted by molar-refractivity contribution is -0.112. The van der Waals surface area contributed by atoms with Gasteiger partial charge >= 0.3 is 0 Å². The number of nitrogens with zero attached hydrogens (tertiary/aromatic N) is 1. The van der Waals surface area contributed by atoms with Crippen LogP contribution in [0.3, 0.4) is 0 Å². The third kappa shape index (κ3) is 3.09. The Morgan fingerprint density at radius 1 is 1.38 bits per heavy atom. The van der Waals surface area contributed by atoms with E-state index in [0.29, 0.717) is 16.3 Å². The first kappa shape index (κ1) is 16.0. The van der Waals surface area contributed by atoms with Gasteiger partial charge in [0.25, 0.3) is 11.8 Å². The number of amides is 2. The molecule has 0 atom stereocenters. The second-order valence-corrected chi connectivity index (χ2v) is 6.52. The number of anilines is 1. The number of nitriles is 1. The van der Waals surface area contributed by atoms with Crippen molar-refractivity contribution in [3.63, 3.8) is 0 Å². The van der Waals surface area contributed by atoms with E-state index in [9.17, 15) is 14.9 Å². The number of aryl methyl sites for hydroxylation is 1. The number of fused-ring (bicyclic) bond motifs is 1. The molecule has 0 aromatic carbocycles. The zero-order valence-electron chi connectivity index (χ0n) is 12.8. The summed E-state index contributed by atoms with van der Waals surface area (Å²) in [5.74, 6) is -0.740. The number of carbonyl (C=O) groups excluding carboxylic acids is 2. The van der Waals surface area contributed by atoms with Gasteiger partial charge in [0.05, 0.1) is 11.8 Å². The fraction of sp³-hybridized carbons (Fsp3) is 0.235. The fourth-order valence-electron chi connectivity index (χ4n) is 2.75. The van der Waals surface area contributed by atoms with E-state index in [2.05, 4.69) is 5.32 Å². The molecular formula is C17H15N3O3S. The normalized spacial score (nSPS) is 13.9. The molecule has 0 spiro atoms. The summed E-state index contributed by atoms with van der Waals surface area (Å²) >= 11 is 1.36. The quantitative estimate of drug-likeness (QED) is 0.658. The molecule has 0 aliphatic heterocycles. The minimum Gasteiger partial charge on any atom is -0.465 e. The first-order valence-corrected chi connectivity index (χ1v) is 8.32. The van der Waals surface area contributed by atoms with E-state index >= 15 is 0 Å². The monoisotopic (exact) mass is 341 g/mol. The summed E-state index contributed by atoms with van der Waals surface area (Å²) in [6.45, 7) is 0. The molecule has 7 heteroatoms. The maximum absolute atomic E-state index is 12.4. The summed E-state index contributed by atoms with van der Waals surface area (Å²) in [6, 6.07) is 5.15. The van der Waals surface area contributed by atoms with Crippen LogP contribution in [-0.4, -0.2) is 11.8 Å². The summed E-state index contributed by atoms with van der Waals surface area (Å²) in [7, 11) is 0. The van der Waals surface area contributed by atoms with Crippen LogP contribution in [-0.2, 0) is 17.6 Å². The van der Waals surface area contributed by atoms with E-state index in [1.54, 1.807) is 12.1 Å². The van der Waals surface area contributed by atoms with Crippen LogP contribution >= 0.6 is 11.3 Å². The van der Waals surface area contributed by atoms with Crippen LogP contribution in [0.4, 0.5) is 5.00 Å². The van der Waals surface area contributed by atoms with Gasteiger partial charge in [-0.1, -0.05) is 0 Å². The van der Waals surface area contributed by atoms with Crippen LogP contribution in [0.5, 0.6) is 0 Å². The number of furan rings is 1. The summed E-state index contributed by atoms with van der Waals surface area (Å²) in [6.07, 6.45) is 6.53. The molecule has 3 N–H and O–H groups in total. The fourth-order valence-corrected chi connectivity index (χ4v) is 4.04. The topological polar surface area (TPSA) is 109 Å². The molecule has 24 heavy (non-hydrogen) atoms. The van der Waals surface area contributed by atoms with Gasteiger partial charge in [-0.2, -0.15) is 5.26 Å². The molecule has 0 unspecified atom stereocenters. The van der Waals surface area contributed by atoms with Crippen LogP contribution in [0.2, 0.25) is 0 Å². The number of thiophene rings is 1. The Morgan fingerprint density at radius 2 is 2.17 bits per heavy atom. The third-order valence-electron chi connectivity index (χ3n) is 3.84. The largest absolute Gasteiger partial charge is 0.465 e. The number of carbonyl (C=O) groups is 2. The molecule has 0 bridgehead atoms. The van der Waals surface area contributed by atoms with E-state index in [-0.39, 0.29) is 5.57 Å². The average molecular weight is 341 g/mol. The van der Waals surface area contributed by atoms with Crippen LogP contribution in [0, 0.1) is 11.3 Å². The number of nitrogens with two attached hydrogens (primary N) is 1. The summed E-state index contributed by atoms with van der Waals surface area (Å²) in [5, 5.41) is 12.3. The number of hydrogen-bond donors (Lipinski definition) is 2. The summed E-state index contributed by atoms with van der Waals surface area (Å²) < 4.78 is 5.12. The maximum Gasteiger partial charge on any atom is 0.267 e. The van der Waals surface area contributed by atoms with Crippen LogP contribution < -0.4 is 11.1 Å². The van der Waals surface area contributed by atoms with Crippen LogP contribution in [0.25, 0.3) is 6.08 Å². The van der Waals surface area contributed by atoms with E-state index in [4.69, 9.17) is 10.2 Å². The first-order valence-electron chi connectivity index (χ1n) is 7.51. The summed E-state index contributed by atoms with van der Waals surface area (Å²) in [5.41, 5.74) is 6.70. The Balaban J connectivity index is 1.90. The molecule has 3 rings (SSSR count). The number of nitrogens with one attached hydrogen (secondary N) is 1. The van der Waals surface area contributed by atoms with Gasteiger partial charge in [-0.3, -0.25) is 9.59 Å². The van der Waals surface area contributed by atoms with Gasteiger partial charge in [-0.25, -0.2) is 0 Å². The Labute approximate surface area is 142 Å². The van der Waals surface area contributed by atoms with Crippen molar-refractivity contribution in [3.05, 3.63) is 45.7 Å². The van der Waals surface area contributed by atoms with E-state index in [1.165, 1.54) is 23.7 Å². The highest BCUT2D eigenvalue weighted by atomic mass is 32.1. The highest BCUT2D eigenvalue weighted by Gasteiger charge is 2.25. The van der Waals surface area contributed by atoms with Gasteiger partial charge in [0.15, 0.2) is 0 Å². The molecular weight excluding hydrogens is 326 g/mol. The Morgan fingerprint density at radius 3 is 2.83 bits per heavy atom. The van der Waals surface area contributed by atoms with Crippen molar-refractivity contribution < 1.29 is 14.0 Å². The molecule has 122 valence electrons. The van der Waals surface area contributed by atoms with Crippen molar-refractivity contribution in [2.45, 2.75) is 25.7 Å². The number of rotatable bonds is 4. The lowest BCUT2D eigenvalue weighted by Gasteiger charge is -2.11. The smallest absolute Gasteiger partial charge is 0.267 e. The van der Waals surface area contributed by atoms with Crippen molar-refractivity contribution in [2.75, 3.05) is 5.32 Å². The second-order valence-electron chi connectivity index (χ2n) is 5.42. The van der Waals surface area contributed by atoms with Gasteiger partial charge in [0.1, 0.15) is 22.4 Å². The predicted octanol–water partition coefficient (Wildman–Crippen LogP) is 2.86. The lowest BCUT2D eigenvalue weighted by Crippen LogP contribution is -2.19. The second kappa shape index (κ2) is 6.72. The molecule has 2 heterocycles.